The summed E-state index contributed by atoms with van der Waals surface area (Å²) >= 11 is 0. The largest absolute Gasteiger partial charge is 0.396 e. The predicted molar refractivity (Wildman–Crippen MR) is 117 cm³/mol. The van der Waals surface area contributed by atoms with Crippen LogP contribution in [0, 0.1) is 5.92 Å². The predicted octanol–water partition coefficient (Wildman–Crippen LogP) is 4.08. The molecule has 29 heavy (non-hydrogen) atoms. The van der Waals surface area contributed by atoms with Gasteiger partial charge < -0.3 is 15.3 Å². The van der Waals surface area contributed by atoms with Gasteiger partial charge in [-0.2, -0.15) is 0 Å². The first-order valence-corrected chi connectivity index (χ1v) is 10.3. The van der Waals surface area contributed by atoms with Gasteiger partial charge in [0.05, 0.1) is 6.04 Å². The van der Waals surface area contributed by atoms with Crippen LogP contribution in [0.4, 0.5) is 11.6 Å². The Bertz CT molecular complexity index is 888. The van der Waals surface area contributed by atoms with Gasteiger partial charge in [-0.1, -0.05) is 60.7 Å². The Hall–Kier alpha value is -2.92. The smallest absolute Gasteiger partial charge is 0.134 e. The SMILES string of the molecule is OCC1CCCN(c2cc(NC(Cc3ccccc3)c3ccccc3)ncn2)C1. The maximum Gasteiger partial charge on any atom is 0.134 e. The summed E-state index contributed by atoms with van der Waals surface area (Å²) in [5.74, 6) is 2.07. The summed E-state index contributed by atoms with van der Waals surface area (Å²) in [6.07, 6.45) is 4.67. The number of nitrogens with zero attached hydrogens (tertiary/aromatic N) is 3. The van der Waals surface area contributed by atoms with Gasteiger partial charge >= 0.3 is 0 Å². The van der Waals surface area contributed by atoms with Crippen molar-refractivity contribution in [1.29, 1.82) is 0 Å². The van der Waals surface area contributed by atoms with Crippen molar-refractivity contribution in [3.05, 3.63) is 84.2 Å². The molecule has 4 rings (SSSR count). The molecule has 1 saturated heterocycles. The number of benzene rings is 2. The monoisotopic (exact) mass is 388 g/mol. The lowest BCUT2D eigenvalue weighted by molar-refractivity contribution is 0.208. The minimum absolute atomic E-state index is 0.118. The third-order valence-corrected chi connectivity index (χ3v) is 5.56. The number of piperidine rings is 1. The minimum atomic E-state index is 0.118. The van der Waals surface area contributed by atoms with Crippen LogP contribution in [0.2, 0.25) is 0 Å². The van der Waals surface area contributed by atoms with Gasteiger partial charge in [0.25, 0.3) is 0 Å². The number of hydrogen-bond donors (Lipinski definition) is 2. The fourth-order valence-electron chi connectivity index (χ4n) is 3.99. The first kappa shape index (κ1) is 19.4. The van der Waals surface area contributed by atoms with Crippen LogP contribution in [0.5, 0.6) is 0 Å². The molecular formula is C24H28N4O. The standard InChI is InChI=1S/C24H28N4O/c29-17-20-10-7-13-28(16-20)24-15-23(25-18-26-24)27-22(21-11-5-2-6-12-21)14-19-8-3-1-4-9-19/h1-6,8-9,11-12,15,18,20,22,29H,7,10,13-14,16-17H2,(H,25,26,27). The maximum absolute atomic E-state index is 9.52. The van der Waals surface area contributed by atoms with Crippen molar-refractivity contribution in [2.45, 2.75) is 25.3 Å². The highest BCUT2D eigenvalue weighted by Crippen LogP contribution is 2.26. The van der Waals surface area contributed by atoms with E-state index >= 15 is 0 Å². The quantitative estimate of drug-likeness (QED) is 0.639. The summed E-state index contributed by atoms with van der Waals surface area (Å²) in [4.78, 5) is 11.2. The number of nitrogens with one attached hydrogen (secondary N) is 1. The van der Waals surface area contributed by atoms with Crippen molar-refractivity contribution >= 4 is 11.6 Å². The molecule has 1 aliphatic rings. The molecule has 0 amide bonds. The van der Waals surface area contributed by atoms with Crippen molar-refractivity contribution in [3.63, 3.8) is 0 Å². The Morgan fingerprint density at radius 1 is 1.03 bits per heavy atom. The van der Waals surface area contributed by atoms with Crippen molar-refractivity contribution in [1.82, 2.24) is 9.97 Å². The van der Waals surface area contributed by atoms with E-state index in [-0.39, 0.29) is 12.6 Å². The molecule has 150 valence electrons. The Balaban J connectivity index is 1.54. The van der Waals surface area contributed by atoms with E-state index < -0.39 is 0 Å². The summed E-state index contributed by atoms with van der Waals surface area (Å²) in [6, 6.07) is 23.2. The Morgan fingerprint density at radius 3 is 2.55 bits per heavy atom. The second-order valence-electron chi connectivity index (χ2n) is 7.70. The molecule has 0 aliphatic carbocycles. The van der Waals surface area contributed by atoms with Crippen molar-refractivity contribution in [2.75, 3.05) is 29.9 Å². The first-order chi connectivity index (χ1) is 14.3. The van der Waals surface area contributed by atoms with Gasteiger partial charge in [0, 0.05) is 25.8 Å². The molecule has 0 radical (unpaired) electrons. The van der Waals surface area contributed by atoms with E-state index in [1.165, 1.54) is 11.1 Å². The topological polar surface area (TPSA) is 61.3 Å². The highest BCUT2D eigenvalue weighted by atomic mass is 16.3. The van der Waals surface area contributed by atoms with Crippen LogP contribution in [0.3, 0.4) is 0 Å². The molecular weight excluding hydrogens is 360 g/mol. The fraction of sp³-hybridized carbons (Fsp3) is 0.333. The normalized spacial score (nSPS) is 17.7. The molecule has 1 aliphatic heterocycles. The molecule has 5 nitrogen and oxygen atoms in total. The lowest BCUT2D eigenvalue weighted by Crippen LogP contribution is -2.37. The van der Waals surface area contributed by atoms with Gasteiger partial charge in [-0.15, -0.1) is 0 Å². The zero-order chi connectivity index (χ0) is 19.9. The number of anilines is 2. The van der Waals surface area contributed by atoms with E-state index in [0.717, 1.165) is 44.0 Å². The van der Waals surface area contributed by atoms with Crippen molar-refractivity contribution in [2.24, 2.45) is 5.92 Å². The maximum atomic E-state index is 9.52. The van der Waals surface area contributed by atoms with Gasteiger partial charge in [-0.3, -0.25) is 0 Å². The summed E-state index contributed by atoms with van der Waals surface area (Å²) in [7, 11) is 0. The van der Waals surface area contributed by atoms with Crippen LogP contribution >= 0.6 is 0 Å². The highest BCUT2D eigenvalue weighted by Gasteiger charge is 2.21. The van der Waals surface area contributed by atoms with Crippen LogP contribution in [0.15, 0.2) is 73.1 Å². The Kier molecular flexibility index (Phi) is 6.37. The van der Waals surface area contributed by atoms with E-state index in [2.05, 4.69) is 68.7 Å². The van der Waals surface area contributed by atoms with Gasteiger partial charge in [0.15, 0.2) is 0 Å². The second kappa shape index (κ2) is 9.52. The molecule has 0 bridgehead atoms. The van der Waals surface area contributed by atoms with Crippen molar-refractivity contribution in [3.8, 4) is 0 Å². The average molecular weight is 389 g/mol. The van der Waals surface area contributed by atoms with Gasteiger partial charge in [-0.25, -0.2) is 9.97 Å². The molecule has 3 aromatic rings. The van der Waals surface area contributed by atoms with E-state index in [1.54, 1.807) is 6.33 Å². The lowest BCUT2D eigenvalue weighted by Gasteiger charge is -2.32. The van der Waals surface area contributed by atoms with Gasteiger partial charge in [-0.05, 0) is 36.3 Å². The third kappa shape index (κ3) is 5.12. The molecule has 2 N–H and O–H groups in total. The third-order valence-electron chi connectivity index (χ3n) is 5.56. The van der Waals surface area contributed by atoms with Gasteiger partial charge in [0.2, 0.25) is 0 Å². The molecule has 2 heterocycles. The lowest BCUT2D eigenvalue weighted by atomic mass is 9.98. The number of hydrogen-bond acceptors (Lipinski definition) is 5. The van der Waals surface area contributed by atoms with Crippen molar-refractivity contribution < 1.29 is 5.11 Å². The minimum Gasteiger partial charge on any atom is -0.396 e. The zero-order valence-electron chi connectivity index (χ0n) is 16.6. The average Bonchev–Trinajstić information content (AvgIpc) is 2.80. The highest BCUT2D eigenvalue weighted by molar-refractivity contribution is 5.50. The molecule has 0 spiro atoms. The molecule has 1 fully saturated rings. The Labute approximate surface area is 172 Å². The zero-order valence-corrected chi connectivity index (χ0v) is 16.6. The number of rotatable bonds is 7. The summed E-state index contributed by atoms with van der Waals surface area (Å²) in [6.45, 7) is 2.05. The van der Waals surface area contributed by atoms with Crippen LogP contribution in [0.25, 0.3) is 0 Å². The molecule has 2 unspecified atom stereocenters. The Morgan fingerprint density at radius 2 is 1.79 bits per heavy atom. The van der Waals surface area contributed by atoms with E-state index in [4.69, 9.17) is 0 Å². The fourth-order valence-corrected chi connectivity index (χ4v) is 3.99. The van der Waals surface area contributed by atoms with Crippen LogP contribution in [-0.2, 0) is 6.42 Å². The molecule has 1 aromatic heterocycles. The van der Waals surface area contributed by atoms with E-state index in [1.807, 2.05) is 18.2 Å². The van der Waals surface area contributed by atoms with Crippen LogP contribution < -0.4 is 10.2 Å². The molecule has 0 saturated carbocycles. The summed E-state index contributed by atoms with van der Waals surface area (Å²) in [5.41, 5.74) is 2.51. The molecule has 5 heteroatoms. The summed E-state index contributed by atoms with van der Waals surface area (Å²) in [5, 5.41) is 13.1. The van der Waals surface area contributed by atoms with Crippen LogP contribution in [0.1, 0.15) is 30.0 Å². The number of aromatic nitrogens is 2. The molecule has 2 aromatic carbocycles. The van der Waals surface area contributed by atoms with E-state index in [9.17, 15) is 5.11 Å². The molecule has 2 atom stereocenters. The van der Waals surface area contributed by atoms with Gasteiger partial charge in [0.1, 0.15) is 18.0 Å². The summed E-state index contributed by atoms with van der Waals surface area (Å²) < 4.78 is 0. The number of aliphatic hydroxyl groups is 1. The number of aliphatic hydroxyl groups excluding tert-OH is 1. The second-order valence-corrected chi connectivity index (χ2v) is 7.70. The first-order valence-electron chi connectivity index (χ1n) is 10.3. The van der Waals surface area contributed by atoms with E-state index in [0.29, 0.717) is 5.92 Å². The van der Waals surface area contributed by atoms with Crippen LogP contribution in [-0.4, -0.2) is 34.8 Å².